The van der Waals surface area contributed by atoms with Crippen molar-refractivity contribution in [2.75, 3.05) is 20.2 Å². The number of benzene rings is 2. The Hall–Kier alpha value is -2.40. The molecule has 0 spiro atoms. The van der Waals surface area contributed by atoms with Gasteiger partial charge in [0.25, 0.3) is 0 Å². The van der Waals surface area contributed by atoms with Crippen molar-refractivity contribution in [3.05, 3.63) is 65.5 Å². The van der Waals surface area contributed by atoms with Crippen LogP contribution in [0.25, 0.3) is 0 Å². The highest BCUT2D eigenvalue weighted by Crippen LogP contribution is 2.20. The molecule has 0 atom stereocenters. The fourth-order valence-electron chi connectivity index (χ4n) is 3.35. The van der Waals surface area contributed by atoms with E-state index in [-0.39, 0.29) is 11.7 Å². The van der Waals surface area contributed by atoms with Gasteiger partial charge in [0.15, 0.2) is 0 Å². The predicted molar refractivity (Wildman–Crippen MR) is 99.5 cm³/mol. The van der Waals surface area contributed by atoms with E-state index in [9.17, 15) is 9.18 Å². The number of hydrogen-bond acceptors (Lipinski definition) is 3. The van der Waals surface area contributed by atoms with Crippen LogP contribution in [0.4, 0.5) is 4.39 Å². The molecule has 1 aliphatic rings. The molecule has 0 aliphatic carbocycles. The number of methoxy groups -OCH3 is 1. The Labute approximate surface area is 154 Å². The van der Waals surface area contributed by atoms with E-state index in [0.717, 1.165) is 37.2 Å². The maximum atomic E-state index is 13.7. The van der Waals surface area contributed by atoms with Crippen LogP contribution in [-0.4, -0.2) is 37.0 Å². The number of piperidine rings is 1. The molecule has 0 unspecified atom stereocenters. The minimum Gasteiger partial charge on any atom is -0.496 e. The molecule has 5 heteroatoms. The number of nitrogens with zero attached hydrogens (tertiary/aromatic N) is 1. The van der Waals surface area contributed by atoms with Crippen LogP contribution >= 0.6 is 0 Å². The first-order chi connectivity index (χ1) is 12.7. The van der Waals surface area contributed by atoms with Crippen molar-refractivity contribution in [1.29, 1.82) is 0 Å². The van der Waals surface area contributed by atoms with E-state index in [1.54, 1.807) is 19.2 Å². The quantitative estimate of drug-likeness (QED) is 0.864. The molecule has 138 valence electrons. The first-order valence-electron chi connectivity index (χ1n) is 9.04. The predicted octanol–water partition coefficient (Wildman–Crippen LogP) is 3.16. The zero-order valence-corrected chi connectivity index (χ0v) is 15.1. The summed E-state index contributed by atoms with van der Waals surface area (Å²) in [7, 11) is 1.62. The number of carbonyl (C=O) groups excluding carboxylic acids is 1. The van der Waals surface area contributed by atoms with Crippen LogP contribution in [0.5, 0.6) is 5.75 Å². The summed E-state index contributed by atoms with van der Waals surface area (Å²) in [6.07, 6.45) is 2.12. The number of likely N-dealkylation sites (tertiary alicyclic amines) is 1. The van der Waals surface area contributed by atoms with Crippen LogP contribution in [0, 0.1) is 5.82 Å². The highest BCUT2D eigenvalue weighted by atomic mass is 19.1. The molecular formula is C21H25FN2O2. The highest BCUT2D eigenvalue weighted by Gasteiger charge is 2.23. The molecule has 3 rings (SSSR count). The van der Waals surface area contributed by atoms with E-state index in [2.05, 4.69) is 5.32 Å². The lowest BCUT2D eigenvalue weighted by Gasteiger charge is -2.32. The maximum Gasteiger partial charge on any atom is 0.227 e. The third-order valence-electron chi connectivity index (χ3n) is 4.92. The molecule has 0 bridgehead atoms. The van der Waals surface area contributed by atoms with Crippen molar-refractivity contribution >= 4 is 5.91 Å². The number of nitrogens with one attached hydrogen (secondary N) is 1. The number of ether oxygens (including phenoxy) is 1. The summed E-state index contributed by atoms with van der Waals surface area (Å²) in [5, 5.41) is 3.41. The Morgan fingerprint density at radius 3 is 2.46 bits per heavy atom. The Balaban J connectivity index is 1.47. The topological polar surface area (TPSA) is 41.6 Å². The number of halogens is 1. The summed E-state index contributed by atoms with van der Waals surface area (Å²) in [6, 6.07) is 14.8. The van der Waals surface area contributed by atoms with Gasteiger partial charge in [-0.15, -0.1) is 0 Å². The lowest BCUT2D eigenvalue weighted by atomic mass is 10.0. The molecule has 2 aromatic rings. The Kier molecular flexibility index (Phi) is 6.23. The number of hydrogen-bond donors (Lipinski definition) is 1. The minimum absolute atomic E-state index is 0.127. The molecule has 26 heavy (non-hydrogen) atoms. The van der Waals surface area contributed by atoms with Crippen molar-refractivity contribution in [3.8, 4) is 5.75 Å². The number of carbonyl (C=O) groups is 1. The van der Waals surface area contributed by atoms with Crippen LogP contribution in [0.3, 0.4) is 0 Å². The van der Waals surface area contributed by atoms with Gasteiger partial charge in [0.2, 0.25) is 5.91 Å². The zero-order valence-electron chi connectivity index (χ0n) is 15.1. The normalized spacial score (nSPS) is 15.1. The zero-order chi connectivity index (χ0) is 18.4. The molecule has 1 aliphatic heterocycles. The smallest absolute Gasteiger partial charge is 0.227 e. The lowest BCUT2D eigenvalue weighted by molar-refractivity contribution is -0.131. The van der Waals surface area contributed by atoms with Crippen LogP contribution in [0.1, 0.15) is 24.0 Å². The Morgan fingerprint density at radius 1 is 1.12 bits per heavy atom. The number of amides is 1. The van der Waals surface area contributed by atoms with Gasteiger partial charge in [0, 0.05) is 36.8 Å². The van der Waals surface area contributed by atoms with E-state index in [1.807, 2.05) is 35.2 Å². The van der Waals surface area contributed by atoms with Crippen molar-refractivity contribution in [3.63, 3.8) is 0 Å². The van der Waals surface area contributed by atoms with Crippen LogP contribution in [0.2, 0.25) is 0 Å². The second kappa shape index (κ2) is 8.81. The molecule has 1 saturated heterocycles. The molecule has 0 radical (unpaired) electrons. The van der Waals surface area contributed by atoms with Gasteiger partial charge in [-0.2, -0.15) is 0 Å². The molecule has 1 N–H and O–H groups in total. The maximum absolute atomic E-state index is 13.7. The minimum atomic E-state index is -0.176. The SMILES string of the molecule is COc1ccccc1CC(=O)N1CCC(NCc2ccccc2F)CC1. The molecule has 0 saturated carbocycles. The fourth-order valence-corrected chi connectivity index (χ4v) is 3.35. The first kappa shape index (κ1) is 18.4. The summed E-state index contributed by atoms with van der Waals surface area (Å²) in [5.41, 5.74) is 1.60. The monoisotopic (exact) mass is 356 g/mol. The number of rotatable bonds is 6. The summed E-state index contributed by atoms with van der Waals surface area (Å²) in [5.74, 6) is 0.703. The van der Waals surface area contributed by atoms with E-state index in [4.69, 9.17) is 4.74 Å². The highest BCUT2D eigenvalue weighted by molar-refractivity contribution is 5.79. The number of para-hydroxylation sites is 1. The molecule has 4 nitrogen and oxygen atoms in total. The molecular weight excluding hydrogens is 331 g/mol. The van der Waals surface area contributed by atoms with Crippen molar-refractivity contribution in [1.82, 2.24) is 10.2 Å². The van der Waals surface area contributed by atoms with E-state index < -0.39 is 0 Å². The fraction of sp³-hybridized carbons (Fsp3) is 0.381. The lowest BCUT2D eigenvalue weighted by Crippen LogP contribution is -2.45. The molecule has 1 fully saturated rings. The average molecular weight is 356 g/mol. The first-order valence-corrected chi connectivity index (χ1v) is 9.04. The summed E-state index contributed by atoms with van der Waals surface area (Å²) >= 11 is 0. The summed E-state index contributed by atoms with van der Waals surface area (Å²) < 4.78 is 19.0. The molecule has 1 amide bonds. The van der Waals surface area contributed by atoms with Crippen molar-refractivity contribution in [2.24, 2.45) is 0 Å². The standard InChI is InChI=1S/C21H25FN2O2/c1-26-20-9-5-3-6-16(20)14-21(25)24-12-10-18(11-13-24)23-15-17-7-2-4-8-19(17)22/h2-9,18,23H,10-15H2,1H3. The van der Waals surface area contributed by atoms with Crippen LogP contribution < -0.4 is 10.1 Å². The Morgan fingerprint density at radius 2 is 1.77 bits per heavy atom. The van der Waals surface area contributed by atoms with E-state index in [0.29, 0.717) is 24.6 Å². The molecule has 2 aromatic carbocycles. The van der Waals surface area contributed by atoms with E-state index >= 15 is 0 Å². The summed E-state index contributed by atoms with van der Waals surface area (Å²) in [6.45, 7) is 1.97. The van der Waals surface area contributed by atoms with Crippen molar-refractivity contribution in [2.45, 2.75) is 31.8 Å². The second-order valence-electron chi connectivity index (χ2n) is 6.62. The van der Waals surface area contributed by atoms with Gasteiger partial charge < -0.3 is 15.0 Å². The second-order valence-corrected chi connectivity index (χ2v) is 6.62. The molecule has 1 heterocycles. The van der Waals surface area contributed by atoms with E-state index in [1.165, 1.54) is 6.07 Å². The van der Waals surface area contributed by atoms with Gasteiger partial charge in [-0.1, -0.05) is 36.4 Å². The van der Waals surface area contributed by atoms with Crippen molar-refractivity contribution < 1.29 is 13.9 Å². The van der Waals surface area contributed by atoms with Gasteiger partial charge in [0.1, 0.15) is 11.6 Å². The Bertz CT molecular complexity index is 742. The van der Waals surface area contributed by atoms with Gasteiger partial charge >= 0.3 is 0 Å². The average Bonchev–Trinajstić information content (AvgIpc) is 2.68. The van der Waals surface area contributed by atoms with Crippen LogP contribution in [0.15, 0.2) is 48.5 Å². The third-order valence-corrected chi connectivity index (χ3v) is 4.92. The van der Waals surface area contributed by atoms with Gasteiger partial charge in [-0.25, -0.2) is 4.39 Å². The van der Waals surface area contributed by atoms with Gasteiger partial charge in [-0.05, 0) is 25.0 Å². The summed E-state index contributed by atoms with van der Waals surface area (Å²) in [4.78, 5) is 14.5. The third kappa shape index (κ3) is 4.61. The van der Waals surface area contributed by atoms with Gasteiger partial charge in [0.05, 0.1) is 13.5 Å². The molecule has 0 aromatic heterocycles. The van der Waals surface area contributed by atoms with Crippen LogP contribution in [-0.2, 0) is 17.8 Å². The van der Waals surface area contributed by atoms with Gasteiger partial charge in [-0.3, -0.25) is 4.79 Å². The largest absolute Gasteiger partial charge is 0.496 e.